The molecule has 0 spiro atoms. The number of nitrogens with one attached hydrogen (secondary N) is 1. The molecular formula is C10H23N3. The van der Waals surface area contributed by atoms with Gasteiger partial charge in [-0.25, -0.2) is 0 Å². The Hall–Kier alpha value is -0.120. The maximum atomic E-state index is 3.24. The van der Waals surface area contributed by atoms with Crippen LogP contribution in [0.25, 0.3) is 0 Å². The second-order valence-electron chi connectivity index (χ2n) is 4.10. The molecule has 1 unspecified atom stereocenters. The molecule has 1 aliphatic heterocycles. The molecule has 0 amide bonds. The summed E-state index contributed by atoms with van der Waals surface area (Å²) < 4.78 is 0. The van der Waals surface area contributed by atoms with Crippen molar-refractivity contribution in [2.75, 3.05) is 46.8 Å². The molecule has 0 aromatic carbocycles. The summed E-state index contributed by atoms with van der Waals surface area (Å²) in [6, 6.07) is 0.677. The first-order valence-corrected chi connectivity index (χ1v) is 5.31. The molecule has 13 heavy (non-hydrogen) atoms. The van der Waals surface area contributed by atoms with Gasteiger partial charge in [0, 0.05) is 25.7 Å². The fourth-order valence-corrected chi connectivity index (χ4v) is 1.93. The molecule has 1 fully saturated rings. The van der Waals surface area contributed by atoms with Crippen LogP contribution in [0.4, 0.5) is 0 Å². The van der Waals surface area contributed by atoms with Gasteiger partial charge in [-0.1, -0.05) is 0 Å². The second kappa shape index (κ2) is 5.58. The average Bonchev–Trinajstić information content (AvgIpc) is 2.30. The summed E-state index contributed by atoms with van der Waals surface area (Å²) in [5.41, 5.74) is 0. The van der Waals surface area contributed by atoms with Crippen LogP contribution >= 0.6 is 0 Å². The van der Waals surface area contributed by atoms with Crippen molar-refractivity contribution in [3.05, 3.63) is 0 Å². The molecule has 1 rings (SSSR count). The molecule has 0 bridgehead atoms. The minimum absolute atomic E-state index is 0.677. The molecule has 0 saturated carbocycles. The lowest BCUT2D eigenvalue weighted by Gasteiger charge is -2.27. The Kier molecular flexibility index (Phi) is 4.70. The molecular weight excluding hydrogens is 162 g/mol. The Morgan fingerprint density at radius 2 is 2.00 bits per heavy atom. The predicted molar refractivity (Wildman–Crippen MR) is 57.1 cm³/mol. The van der Waals surface area contributed by atoms with Crippen molar-refractivity contribution in [1.82, 2.24) is 15.1 Å². The largest absolute Gasteiger partial charge is 0.318 e. The molecule has 3 nitrogen and oxygen atoms in total. The summed E-state index contributed by atoms with van der Waals surface area (Å²) in [7, 11) is 4.24. The zero-order chi connectivity index (χ0) is 9.68. The summed E-state index contributed by atoms with van der Waals surface area (Å²) in [6.45, 7) is 8.36. The van der Waals surface area contributed by atoms with Crippen molar-refractivity contribution in [1.29, 1.82) is 0 Å². The molecule has 0 aromatic heterocycles. The van der Waals surface area contributed by atoms with Gasteiger partial charge in [0.25, 0.3) is 0 Å². The van der Waals surface area contributed by atoms with E-state index < -0.39 is 0 Å². The van der Waals surface area contributed by atoms with E-state index in [1.165, 1.54) is 32.6 Å². The Labute approximate surface area is 82.1 Å². The van der Waals surface area contributed by atoms with Crippen molar-refractivity contribution in [3.8, 4) is 0 Å². The van der Waals surface area contributed by atoms with E-state index in [0.29, 0.717) is 6.04 Å². The first kappa shape index (κ1) is 11.0. The van der Waals surface area contributed by atoms with E-state index in [2.05, 4.69) is 29.1 Å². The molecule has 0 radical (unpaired) electrons. The highest BCUT2D eigenvalue weighted by molar-refractivity contribution is 4.73. The van der Waals surface area contributed by atoms with E-state index >= 15 is 0 Å². The molecule has 1 N–H and O–H groups in total. The third-order valence-electron chi connectivity index (χ3n) is 2.88. The Morgan fingerprint density at radius 3 is 2.69 bits per heavy atom. The van der Waals surface area contributed by atoms with E-state index in [1.807, 2.05) is 7.05 Å². The van der Waals surface area contributed by atoms with E-state index in [-0.39, 0.29) is 0 Å². The standard InChI is InChI=1S/C10H23N3/c1-10(9-11-2)13-6-4-5-12(3)7-8-13/h10-11H,4-9H2,1-3H3. The van der Waals surface area contributed by atoms with E-state index in [1.54, 1.807) is 0 Å². The van der Waals surface area contributed by atoms with Crippen LogP contribution in [0.5, 0.6) is 0 Å². The highest BCUT2D eigenvalue weighted by Gasteiger charge is 2.16. The third kappa shape index (κ3) is 3.63. The van der Waals surface area contributed by atoms with Gasteiger partial charge in [-0.05, 0) is 40.5 Å². The lowest BCUT2D eigenvalue weighted by molar-refractivity contribution is 0.213. The van der Waals surface area contributed by atoms with Crippen molar-refractivity contribution in [2.45, 2.75) is 19.4 Å². The topological polar surface area (TPSA) is 18.5 Å². The first-order chi connectivity index (χ1) is 6.24. The fourth-order valence-electron chi connectivity index (χ4n) is 1.93. The summed E-state index contributed by atoms with van der Waals surface area (Å²) in [5, 5.41) is 3.24. The van der Waals surface area contributed by atoms with E-state index in [4.69, 9.17) is 0 Å². The van der Waals surface area contributed by atoms with Gasteiger partial charge in [0.15, 0.2) is 0 Å². The molecule has 0 aromatic rings. The predicted octanol–water partition coefficient (Wildman–Crippen LogP) is 0.232. The number of nitrogens with zero attached hydrogens (tertiary/aromatic N) is 2. The summed E-state index contributed by atoms with van der Waals surface area (Å²) >= 11 is 0. The molecule has 0 aliphatic carbocycles. The third-order valence-corrected chi connectivity index (χ3v) is 2.88. The highest BCUT2D eigenvalue weighted by atomic mass is 15.2. The number of hydrogen-bond acceptors (Lipinski definition) is 3. The van der Waals surface area contributed by atoms with E-state index in [9.17, 15) is 0 Å². The Bertz CT molecular complexity index is 138. The maximum absolute atomic E-state index is 3.24. The summed E-state index contributed by atoms with van der Waals surface area (Å²) in [6.07, 6.45) is 1.31. The highest BCUT2D eigenvalue weighted by Crippen LogP contribution is 2.04. The first-order valence-electron chi connectivity index (χ1n) is 5.31. The molecule has 1 aliphatic rings. The van der Waals surface area contributed by atoms with Gasteiger partial charge >= 0.3 is 0 Å². The summed E-state index contributed by atoms with van der Waals surface area (Å²) in [5.74, 6) is 0. The van der Waals surface area contributed by atoms with Crippen LogP contribution in [0.3, 0.4) is 0 Å². The van der Waals surface area contributed by atoms with Gasteiger partial charge in [0.1, 0.15) is 0 Å². The lowest BCUT2D eigenvalue weighted by Crippen LogP contribution is -2.41. The van der Waals surface area contributed by atoms with Crippen LogP contribution in [0, 0.1) is 0 Å². The smallest absolute Gasteiger partial charge is 0.0192 e. The van der Waals surface area contributed by atoms with Gasteiger partial charge in [-0.3, -0.25) is 4.90 Å². The normalized spacial score (nSPS) is 24.2. The summed E-state index contributed by atoms with van der Waals surface area (Å²) in [4.78, 5) is 5.01. The monoisotopic (exact) mass is 185 g/mol. The molecule has 1 atom stereocenters. The Balaban J connectivity index is 2.32. The van der Waals surface area contributed by atoms with E-state index in [0.717, 1.165) is 6.54 Å². The van der Waals surface area contributed by atoms with Crippen LogP contribution in [-0.2, 0) is 0 Å². The van der Waals surface area contributed by atoms with Crippen LogP contribution in [0.2, 0.25) is 0 Å². The van der Waals surface area contributed by atoms with Crippen molar-refractivity contribution in [2.24, 2.45) is 0 Å². The average molecular weight is 185 g/mol. The second-order valence-corrected chi connectivity index (χ2v) is 4.10. The zero-order valence-corrected chi connectivity index (χ0v) is 9.21. The molecule has 78 valence electrons. The molecule has 3 heteroatoms. The maximum Gasteiger partial charge on any atom is 0.0192 e. The molecule has 1 heterocycles. The lowest BCUT2D eigenvalue weighted by atomic mass is 10.2. The quantitative estimate of drug-likeness (QED) is 0.679. The SMILES string of the molecule is CNCC(C)N1CCCN(C)CC1. The van der Waals surface area contributed by atoms with Gasteiger partial charge in [-0.2, -0.15) is 0 Å². The minimum Gasteiger partial charge on any atom is -0.318 e. The fraction of sp³-hybridized carbons (Fsp3) is 1.00. The Morgan fingerprint density at radius 1 is 1.23 bits per heavy atom. The number of likely N-dealkylation sites (N-methyl/N-ethyl adjacent to an activating group) is 2. The van der Waals surface area contributed by atoms with Gasteiger partial charge in [0.05, 0.1) is 0 Å². The van der Waals surface area contributed by atoms with Crippen molar-refractivity contribution in [3.63, 3.8) is 0 Å². The van der Waals surface area contributed by atoms with Crippen LogP contribution in [0.1, 0.15) is 13.3 Å². The van der Waals surface area contributed by atoms with Crippen molar-refractivity contribution < 1.29 is 0 Å². The van der Waals surface area contributed by atoms with Gasteiger partial charge < -0.3 is 10.2 Å². The number of rotatable bonds is 3. The van der Waals surface area contributed by atoms with Gasteiger partial charge in [-0.15, -0.1) is 0 Å². The molecule has 1 saturated heterocycles. The van der Waals surface area contributed by atoms with Crippen LogP contribution in [-0.4, -0.2) is 62.7 Å². The zero-order valence-electron chi connectivity index (χ0n) is 9.21. The van der Waals surface area contributed by atoms with Crippen LogP contribution in [0.15, 0.2) is 0 Å². The minimum atomic E-state index is 0.677. The van der Waals surface area contributed by atoms with Crippen molar-refractivity contribution >= 4 is 0 Å². The number of hydrogen-bond donors (Lipinski definition) is 1. The van der Waals surface area contributed by atoms with Gasteiger partial charge in [0.2, 0.25) is 0 Å². The van der Waals surface area contributed by atoms with Crippen LogP contribution < -0.4 is 5.32 Å².